The number of nitrogens with zero attached hydrogens (tertiary/aromatic N) is 5. The van der Waals surface area contributed by atoms with Gasteiger partial charge >= 0.3 is 5.69 Å². The molecule has 186 valence electrons. The third kappa shape index (κ3) is 5.06. The zero-order valence-electron chi connectivity index (χ0n) is 20.5. The lowest BCUT2D eigenvalue weighted by Gasteiger charge is -2.08. The minimum absolute atomic E-state index is 0.180. The predicted molar refractivity (Wildman–Crippen MR) is 144 cm³/mol. The van der Waals surface area contributed by atoms with Crippen LogP contribution in [0, 0.1) is 0 Å². The fraction of sp³-hybridized carbons (Fsp3) is 0.143. The summed E-state index contributed by atoms with van der Waals surface area (Å²) >= 11 is 0. The first kappa shape index (κ1) is 23.8. The molecule has 0 atom stereocenters. The quantitative estimate of drug-likeness (QED) is 0.263. The van der Waals surface area contributed by atoms with Gasteiger partial charge < -0.3 is 9.30 Å². The van der Waals surface area contributed by atoms with Crippen molar-refractivity contribution in [3.63, 3.8) is 0 Å². The van der Waals surface area contributed by atoms with Gasteiger partial charge in [-0.3, -0.25) is 13.9 Å². The second-order valence-corrected chi connectivity index (χ2v) is 8.60. The smallest absolute Gasteiger partial charge is 0.332 e. The molecule has 0 aliphatic carbocycles. The van der Waals surface area contributed by atoms with E-state index in [0.29, 0.717) is 23.7 Å². The normalized spacial score (nSPS) is 11.3. The molecule has 0 aliphatic heterocycles. The van der Waals surface area contributed by atoms with E-state index in [-0.39, 0.29) is 6.54 Å². The molecule has 0 bridgehead atoms. The Hall–Kier alpha value is -4.92. The molecule has 0 saturated heterocycles. The average Bonchev–Trinajstić information content (AvgIpc) is 3.26. The molecule has 5 aromatic rings. The highest BCUT2D eigenvalue weighted by molar-refractivity contribution is 5.80. The maximum Gasteiger partial charge on any atom is 0.332 e. The first-order valence-corrected chi connectivity index (χ1v) is 11.8. The number of aromatic nitrogens is 4. The summed E-state index contributed by atoms with van der Waals surface area (Å²) in [7, 11) is 3.32. The molecular weight excluding hydrogens is 468 g/mol. The molecule has 0 saturated carbocycles. The zero-order valence-corrected chi connectivity index (χ0v) is 20.5. The van der Waals surface area contributed by atoms with Gasteiger partial charge in [0, 0.05) is 14.1 Å². The minimum atomic E-state index is -0.427. The predicted octanol–water partition coefficient (Wildman–Crippen LogP) is 3.51. The molecular formula is C28H26N6O3. The summed E-state index contributed by atoms with van der Waals surface area (Å²) < 4.78 is 10.0. The van der Waals surface area contributed by atoms with Crippen LogP contribution in [0.25, 0.3) is 11.2 Å². The molecule has 9 heteroatoms. The Labute approximate surface area is 212 Å². The summed E-state index contributed by atoms with van der Waals surface area (Å²) in [5, 5.41) is 4.27. The molecule has 3 aromatic carbocycles. The van der Waals surface area contributed by atoms with Crippen molar-refractivity contribution in [1.82, 2.24) is 18.7 Å². The molecule has 2 heterocycles. The Morgan fingerprint density at radius 2 is 1.51 bits per heavy atom. The van der Waals surface area contributed by atoms with Gasteiger partial charge in [-0.25, -0.2) is 10.2 Å². The Kier molecular flexibility index (Phi) is 6.67. The van der Waals surface area contributed by atoms with Crippen LogP contribution in [0.5, 0.6) is 5.75 Å². The number of nitrogens with one attached hydrogen (secondary N) is 1. The molecule has 0 aliphatic rings. The minimum Gasteiger partial charge on any atom is -0.489 e. The molecule has 2 aromatic heterocycles. The fourth-order valence-electron chi connectivity index (χ4n) is 4.00. The van der Waals surface area contributed by atoms with Gasteiger partial charge in [-0.15, -0.1) is 0 Å². The fourth-order valence-corrected chi connectivity index (χ4v) is 4.00. The first-order chi connectivity index (χ1) is 18.0. The van der Waals surface area contributed by atoms with Gasteiger partial charge in [0.05, 0.1) is 12.8 Å². The van der Waals surface area contributed by atoms with Crippen molar-refractivity contribution in [2.45, 2.75) is 13.2 Å². The third-order valence-electron chi connectivity index (χ3n) is 6.05. The molecule has 0 spiro atoms. The lowest BCUT2D eigenvalue weighted by atomic mass is 10.2. The number of anilines is 1. The molecule has 5 rings (SSSR count). The number of rotatable bonds is 8. The topological polar surface area (TPSA) is 95.4 Å². The number of hydrogen-bond donors (Lipinski definition) is 1. The maximum absolute atomic E-state index is 13.2. The van der Waals surface area contributed by atoms with E-state index >= 15 is 0 Å². The van der Waals surface area contributed by atoms with Crippen molar-refractivity contribution in [3.8, 4) is 5.75 Å². The van der Waals surface area contributed by atoms with Gasteiger partial charge in [-0.1, -0.05) is 60.7 Å². The van der Waals surface area contributed by atoms with Crippen molar-refractivity contribution in [2.24, 2.45) is 19.2 Å². The van der Waals surface area contributed by atoms with E-state index in [2.05, 4.69) is 15.5 Å². The third-order valence-corrected chi connectivity index (χ3v) is 6.05. The van der Waals surface area contributed by atoms with Crippen LogP contribution < -0.4 is 21.4 Å². The van der Waals surface area contributed by atoms with Gasteiger partial charge in [0.25, 0.3) is 5.56 Å². The summed E-state index contributed by atoms with van der Waals surface area (Å²) in [6, 6.07) is 26.9. The van der Waals surface area contributed by atoms with Gasteiger partial charge in [0.15, 0.2) is 11.2 Å². The molecule has 0 unspecified atom stereocenters. The highest BCUT2D eigenvalue weighted by atomic mass is 16.5. The van der Waals surface area contributed by atoms with E-state index in [1.54, 1.807) is 24.9 Å². The van der Waals surface area contributed by atoms with Gasteiger partial charge in [0.1, 0.15) is 12.4 Å². The van der Waals surface area contributed by atoms with E-state index in [0.717, 1.165) is 22.4 Å². The summed E-state index contributed by atoms with van der Waals surface area (Å²) in [5.41, 5.74) is 5.48. The van der Waals surface area contributed by atoms with E-state index < -0.39 is 11.2 Å². The van der Waals surface area contributed by atoms with Crippen LogP contribution in [-0.4, -0.2) is 24.9 Å². The Bertz CT molecular complexity index is 1670. The summed E-state index contributed by atoms with van der Waals surface area (Å²) in [6.07, 6.45) is 1.65. The standard InChI is InChI=1S/C28H26N6O3/c1-32-24-25(33(2)28(36)34(26(24)35)18-21-9-5-3-6-10-21)30-27(32)31-29-17-20-13-15-23(16-14-20)37-19-22-11-7-4-8-12-22/h3-17H,18-19H2,1-2H3,(H,30,31)/b29-17+. The average molecular weight is 495 g/mol. The monoisotopic (exact) mass is 494 g/mol. The van der Waals surface area contributed by atoms with Gasteiger partial charge in [-0.2, -0.15) is 10.1 Å². The lowest BCUT2D eigenvalue weighted by Crippen LogP contribution is -2.39. The number of hydrazone groups is 1. The first-order valence-electron chi connectivity index (χ1n) is 11.8. The number of aryl methyl sites for hydroxylation is 2. The van der Waals surface area contributed by atoms with Crippen LogP contribution in [0.1, 0.15) is 16.7 Å². The van der Waals surface area contributed by atoms with E-state index in [1.807, 2.05) is 84.9 Å². The second kappa shape index (κ2) is 10.4. The number of hydrogen-bond acceptors (Lipinski definition) is 6. The molecule has 0 radical (unpaired) electrons. The number of imidazole rings is 1. The van der Waals surface area contributed by atoms with E-state index in [1.165, 1.54) is 9.13 Å². The number of ether oxygens (including phenoxy) is 1. The number of fused-ring (bicyclic) bond motifs is 1. The van der Waals surface area contributed by atoms with Gasteiger partial charge in [0.2, 0.25) is 5.95 Å². The van der Waals surface area contributed by atoms with Crippen LogP contribution in [0.4, 0.5) is 5.95 Å². The Morgan fingerprint density at radius 1 is 0.865 bits per heavy atom. The largest absolute Gasteiger partial charge is 0.489 e. The van der Waals surface area contributed by atoms with Crippen LogP contribution in [-0.2, 0) is 27.2 Å². The van der Waals surface area contributed by atoms with Crippen LogP contribution in [0.3, 0.4) is 0 Å². The summed E-state index contributed by atoms with van der Waals surface area (Å²) in [6.45, 7) is 0.678. The number of benzene rings is 3. The van der Waals surface area contributed by atoms with Gasteiger partial charge in [-0.05, 0) is 41.0 Å². The van der Waals surface area contributed by atoms with Crippen molar-refractivity contribution >= 4 is 23.3 Å². The highest BCUT2D eigenvalue weighted by Crippen LogP contribution is 2.15. The second-order valence-electron chi connectivity index (χ2n) is 8.60. The van der Waals surface area contributed by atoms with Crippen LogP contribution in [0.2, 0.25) is 0 Å². The molecule has 0 amide bonds. The summed E-state index contributed by atoms with van der Waals surface area (Å²) in [5.74, 6) is 1.11. The summed E-state index contributed by atoms with van der Waals surface area (Å²) in [4.78, 5) is 30.6. The molecule has 1 N–H and O–H groups in total. The Balaban J connectivity index is 1.32. The van der Waals surface area contributed by atoms with E-state index in [4.69, 9.17) is 4.74 Å². The zero-order chi connectivity index (χ0) is 25.8. The van der Waals surface area contributed by atoms with Crippen molar-refractivity contribution < 1.29 is 4.74 Å². The lowest BCUT2D eigenvalue weighted by molar-refractivity contribution is 0.306. The van der Waals surface area contributed by atoms with Crippen molar-refractivity contribution in [2.75, 3.05) is 5.43 Å². The SMILES string of the molecule is Cn1c(N/N=C/c2ccc(OCc3ccccc3)cc2)nc2c1c(=O)n(Cc1ccccc1)c(=O)n2C. The highest BCUT2D eigenvalue weighted by Gasteiger charge is 2.18. The Morgan fingerprint density at radius 3 is 2.19 bits per heavy atom. The van der Waals surface area contributed by atoms with Crippen molar-refractivity contribution in [3.05, 3.63) is 122 Å². The van der Waals surface area contributed by atoms with Crippen molar-refractivity contribution in [1.29, 1.82) is 0 Å². The molecule has 9 nitrogen and oxygen atoms in total. The van der Waals surface area contributed by atoms with Crippen LogP contribution in [0.15, 0.2) is 99.6 Å². The molecule has 37 heavy (non-hydrogen) atoms. The maximum atomic E-state index is 13.2. The van der Waals surface area contributed by atoms with Crippen LogP contribution >= 0.6 is 0 Å². The molecule has 0 fully saturated rings. The van der Waals surface area contributed by atoms with E-state index in [9.17, 15) is 9.59 Å².